The number of carbonyl (C=O) groups is 2. The van der Waals surface area contributed by atoms with E-state index in [4.69, 9.17) is 4.74 Å². The zero-order valence-electron chi connectivity index (χ0n) is 15.4. The molecule has 0 aromatic heterocycles. The summed E-state index contributed by atoms with van der Waals surface area (Å²) in [6, 6.07) is 13.5. The number of hydrogen-bond donors (Lipinski definition) is 1. The number of carbonyl (C=O) groups excluding carboxylic acids is 2. The standard InChI is InChI=1S/C21H24N2O3/c1-14-7-6-9-18(15(14)2)22-21(25)17-11-20(24)23(13-17)12-16-8-4-5-10-19(16)26-3/h4-10,17H,11-13H2,1-3H3,(H,22,25). The molecule has 1 unspecified atom stereocenters. The van der Waals surface area contributed by atoms with E-state index in [0.717, 1.165) is 28.1 Å². The second kappa shape index (κ2) is 7.60. The average Bonchev–Trinajstić information content (AvgIpc) is 3.00. The maximum absolute atomic E-state index is 12.6. The average molecular weight is 352 g/mol. The molecule has 1 heterocycles. The number of hydrogen-bond acceptors (Lipinski definition) is 3. The molecule has 0 spiro atoms. The monoisotopic (exact) mass is 352 g/mol. The largest absolute Gasteiger partial charge is 0.496 e. The molecule has 2 amide bonds. The first-order valence-corrected chi connectivity index (χ1v) is 8.76. The summed E-state index contributed by atoms with van der Waals surface area (Å²) in [6.07, 6.45) is 0.242. The minimum absolute atomic E-state index is 0.00276. The number of amides is 2. The van der Waals surface area contributed by atoms with Crippen molar-refractivity contribution in [1.29, 1.82) is 0 Å². The van der Waals surface area contributed by atoms with Crippen LogP contribution < -0.4 is 10.1 Å². The Kier molecular flexibility index (Phi) is 5.26. The maximum Gasteiger partial charge on any atom is 0.229 e. The molecule has 26 heavy (non-hydrogen) atoms. The van der Waals surface area contributed by atoms with Crippen LogP contribution >= 0.6 is 0 Å². The summed E-state index contributed by atoms with van der Waals surface area (Å²) >= 11 is 0. The number of aryl methyl sites for hydroxylation is 1. The molecule has 1 N–H and O–H groups in total. The third kappa shape index (κ3) is 3.72. The second-order valence-electron chi connectivity index (χ2n) is 6.72. The van der Waals surface area contributed by atoms with Gasteiger partial charge in [0.15, 0.2) is 0 Å². The molecule has 0 radical (unpaired) electrons. The third-order valence-electron chi connectivity index (χ3n) is 5.00. The highest BCUT2D eigenvalue weighted by atomic mass is 16.5. The lowest BCUT2D eigenvalue weighted by Gasteiger charge is -2.18. The highest BCUT2D eigenvalue weighted by Crippen LogP contribution is 2.26. The van der Waals surface area contributed by atoms with Gasteiger partial charge >= 0.3 is 0 Å². The first kappa shape index (κ1) is 18.0. The molecule has 0 bridgehead atoms. The minimum Gasteiger partial charge on any atom is -0.496 e. The van der Waals surface area contributed by atoms with Gasteiger partial charge in [-0.05, 0) is 37.1 Å². The lowest BCUT2D eigenvalue weighted by atomic mass is 10.1. The Bertz CT molecular complexity index is 832. The van der Waals surface area contributed by atoms with E-state index in [0.29, 0.717) is 13.1 Å². The zero-order chi connectivity index (χ0) is 18.7. The number of methoxy groups -OCH3 is 1. The highest BCUT2D eigenvalue weighted by Gasteiger charge is 2.34. The van der Waals surface area contributed by atoms with Crippen LogP contribution in [0.1, 0.15) is 23.1 Å². The van der Waals surface area contributed by atoms with E-state index in [1.807, 2.05) is 56.3 Å². The van der Waals surface area contributed by atoms with Crippen LogP contribution in [0.5, 0.6) is 5.75 Å². The predicted molar refractivity (Wildman–Crippen MR) is 101 cm³/mol. The van der Waals surface area contributed by atoms with Crippen LogP contribution in [0.3, 0.4) is 0 Å². The smallest absolute Gasteiger partial charge is 0.229 e. The molecule has 0 aliphatic carbocycles. The predicted octanol–water partition coefficient (Wildman–Crippen LogP) is 3.30. The number of nitrogens with zero attached hydrogens (tertiary/aromatic N) is 1. The van der Waals surface area contributed by atoms with Crippen LogP contribution in [0.2, 0.25) is 0 Å². The molecule has 0 saturated carbocycles. The minimum atomic E-state index is -0.336. The van der Waals surface area contributed by atoms with Gasteiger partial charge < -0.3 is 15.0 Å². The molecule has 2 aromatic rings. The number of nitrogens with one attached hydrogen (secondary N) is 1. The van der Waals surface area contributed by atoms with Crippen molar-refractivity contribution in [2.45, 2.75) is 26.8 Å². The van der Waals surface area contributed by atoms with Gasteiger partial charge in [0.25, 0.3) is 0 Å². The molecule has 1 saturated heterocycles. The molecule has 5 heteroatoms. The maximum atomic E-state index is 12.6. The van der Waals surface area contributed by atoms with E-state index in [9.17, 15) is 9.59 Å². The highest BCUT2D eigenvalue weighted by molar-refractivity contribution is 5.97. The van der Waals surface area contributed by atoms with Crippen LogP contribution in [0.4, 0.5) is 5.69 Å². The van der Waals surface area contributed by atoms with Crippen molar-refractivity contribution in [3.05, 3.63) is 59.2 Å². The molecule has 2 aromatic carbocycles. The van der Waals surface area contributed by atoms with Gasteiger partial charge in [0.2, 0.25) is 11.8 Å². The Labute approximate surface area is 154 Å². The van der Waals surface area contributed by atoms with E-state index < -0.39 is 0 Å². The zero-order valence-corrected chi connectivity index (χ0v) is 15.4. The molecule has 1 fully saturated rings. The van der Waals surface area contributed by atoms with E-state index in [2.05, 4.69) is 5.32 Å². The van der Waals surface area contributed by atoms with E-state index in [-0.39, 0.29) is 24.2 Å². The van der Waals surface area contributed by atoms with Gasteiger partial charge in [-0.15, -0.1) is 0 Å². The van der Waals surface area contributed by atoms with E-state index >= 15 is 0 Å². The van der Waals surface area contributed by atoms with Crippen LogP contribution in [0.25, 0.3) is 0 Å². The number of para-hydroxylation sites is 1. The van der Waals surface area contributed by atoms with Crippen LogP contribution in [0, 0.1) is 19.8 Å². The van der Waals surface area contributed by atoms with Gasteiger partial charge in [0.1, 0.15) is 5.75 Å². The summed E-state index contributed by atoms with van der Waals surface area (Å²) in [5, 5.41) is 2.98. The van der Waals surface area contributed by atoms with Crippen molar-refractivity contribution in [1.82, 2.24) is 4.90 Å². The van der Waals surface area contributed by atoms with E-state index in [1.54, 1.807) is 12.0 Å². The Balaban J connectivity index is 1.67. The first-order chi connectivity index (χ1) is 12.5. The Morgan fingerprint density at radius 1 is 1.19 bits per heavy atom. The summed E-state index contributed by atoms with van der Waals surface area (Å²) in [5.41, 5.74) is 3.93. The molecule has 1 atom stereocenters. The molecule has 136 valence electrons. The molecular formula is C21H24N2O3. The normalized spacial score (nSPS) is 16.7. The third-order valence-corrected chi connectivity index (χ3v) is 5.00. The fourth-order valence-corrected chi connectivity index (χ4v) is 3.26. The number of rotatable bonds is 5. The fourth-order valence-electron chi connectivity index (χ4n) is 3.26. The van der Waals surface area contributed by atoms with Crippen molar-refractivity contribution >= 4 is 17.5 Å². The SMILES string of the molecule is COc1ccccc1CN1CC(C(=O)Nc2cccc(C)c2C)CC1=O. The van der Waals surface area contributed by atoms with Gasteiger partial charge in [-0.2, -0.15) is 0 Å². The summed E-state index contributed by atoms with van der Waals surface area (Å²) in [5.74, 6) is 0.312. The van der Waals surface area contributed by atoms with Gasteiger partial charge in [-0.25, -0.2) is 0 Å². The topological polar surface area (TPSA) is 58.6 Å². The van der Waals surface area contributed by atoms with Gasteiger partial charge in [-0.3, -0.25) is 9.59 Å². The molecular weight excluding hydrogens is 328 g/mol. The number of likely N-dealkylation sites (tertiary alicyclic amines) is 1. The van der Waals surface area contributed by atoms with Crippen molar-refractivity contribution in [2.24, 2.45) is 5.92 Å². The summed E-state index contributed by atoms with van der Waals surface area (Å²) in [7, 11) is 1.62. The van der Waals surface area contributed by atoms with Gasteiger partial charge in [0, 0.05) is 30.8 Å². The quantitative estimate of drug-likeness (QED) is 0.898. The van der Waals surface area contributed by atoms with Crippen LogP contribution in [0.15, 0.2) is 42.5 Å². The molecule has 1 aliphatic heterocycles. The van der Waals surface area contributed by atoms with Crippen molar-refractivity contribution in [2.75, 3.05) is 19.0 Å². The van der Waals surface area contributed by atoms with Crippen LogP contribution in [-0.2, 0) is 16.1 Å². The fraction of sp³-hybridized carbons (Fsp3) is 0.333. The number of benzene rings is 2. The Hall–Kier alpha value is -2.82. The summed E-state index contributed by atoms with van der Waals surface area (Å²) in [4.78, 5) is 26.7. The lowest BCUT2D eigenvalue weighted by Crippen LogP contribution is -2.28. The first-order valence-electron chi connectivity index (χ1n) is 8.76. The summed E-state index contributed by atoms with van der Waals surface area (Å²) < 4.78 is 5.35. The van der Waals surface area contributed by atoms with Crippen LogP contribution in [-0.4, -0.2) is 30.4 Å². The Morgan fingerprint density at radius 2 is 1.96 bits per heavy atom. The summed E-state index contributed by atoms with van der Waals surface area (Å²) in [6.45, 7) is 4.88. The second-order valence-corrected chi connectivity index (χ2v) is 6.72. The van der Waals surface area contributed by atoms with Gasteiger partial charge in [-0.1, -0.05) is 30.3 Å². The number of ether oxygens (including phenoxy) is 1. The molecule has 3 rings (SSSR count). The van der Waals surface area contributed by atoms with Crippen molar-refractivity contribution in [3.63, 3.8) is 0 Å². The van der Waals surface area contributed by atoms with Gasteiger partial charge in [0.05, 0.1) is 13.0 Å². The number of anilines is 1. The molecule has 5 nitrogen and oxygen atoms in total. The van der Waals surface area contributed by atoms with Crippen molar-refractivity contribution < 1.29 is 14.3 Å². The molecule has 1 aliphatic rings. The lowest BCUT2D eigenvalue weighted by molar-refractivity contribution is -0.128. The van der Waals surface area contributed by atoms with E-state index in [1.165, 1.54) is 0 Å². The van der Waals surface area contributed by atoms with Crippen molar-refractivity contribution in [3.8, 4) is 5.75 Å². The Morgan fingerprint density at radius 3 is 2.73 bits per heavy atom.